The molecule has 0 spiro atoms. The number of carbonyl (C=O) groups excluding carboxylic acids is 1. The van der Waals surface area contributed by atoms with Gasteiger partial charge in [0.15, 0.2) is 11.0 Å². The SMILES string of the molecule is Cc1cnc(Cl)c(F)c1-c1nn(C)nc1C(C)N(C)C(=O)OC(C)(C)C. The summed E-state index contributed by atoms with van der Waals surface area (Å²) < 4.78 is 20.0. The van der Waals surface area contributed by atoms with Gasteiger partial charge in [0.25, 0.3) is 0 Å². The molecule has 1 unspecified atom stereocenters. The number of pyridine rings is 1. The van der Waals surface area contributed by atoms with Crippen molar-refractivity contribution in [1.29, 1.82) is 0 Å². The molecule has 2 heterocycles. The lowest BCUT2D eigenvalue weighted by molar-refractivity contribution is 0.0230. The first-order valence-electron chi connectivity index (χ1n) is 8.10. The van der Waals surface area contributed by atoms with Crippen LogP contribution in [0.25, 0.3) is 11.3 Å². The van der Waals surface area contributed by atoms with Crippen molar-refractivity contribution in [2.24, 2.45) is 7.05 Å². The summed E-state index contributed by atoms with van der Waals surface area (Å²) in [4.78, 5) is 18.9. The van der Waals surface area contributed by atoms with Gasteiger partial charge in [-0.05, 0) is 40.2 Å². The Bertz CT molecular complexity index is 831. The molecule has 0 N–H and O–H groups in total. The van der Waals surface area contributed by atoms with Crippen LogP contribution >= 0.6 is 11.6 Å². The van der Waals surface area contributed by atoms with Gasteiger partial charge in [-0.1, -0.05) is 11.6 Å². The Balaban J connectivity index is 2.47. The van der Waals surface area contributed by atoms with Gasteiger partial charge in [-0.2, -0.15) is 15.0 Å². The number of rotatable bonds is 3. The van der Waals surface area contributed by atoms with Crippen LogP contribution in [0.4, 0.5) is 9.18 Å². The minimum absolute atomic E-state index is 0.220. The van der Waals surface area contributed by atoms with Gasteiger partial charge in [-0.25, -0.2) is 14.2 Å². The number of carbonyl (C=O) groups is 1. The molecule has 0 aliphatic heterocycles. The Kier molecular flexibility index (Phi) is 5.55. The molecule has 2 rings (SSSR count). The van der Waals surface area contributed by atoms with Crippen LogP contribution in [0.1, 0.15) is 45.0 Å². The second-order valence-corrected chi connectivity index (χ2v) is 7.47. The van der Waals surface area contributed by atoms with E-state index in [2.05, 4.69) is 15.2 Å². The number of ether oxygens (including phenoxy) is 1. The Morgan fingerprint density at radius 2 is 2.00 bits per heavy atom. The van der Waals surface area contributed by atoms with Gasteiger partial charge in [0.05, 0.1) is 6.04 Å². The van der Waals surface area contributed by atoms with Crippen molar-refractivity contribution in [3.63, 3.8) is 0 Å². The zero-order valence-electron chi connectivity index (χ0n) is 16.0. The van der Waals surface area contributed by atoms with Crippen LogP contribution < -0.4 is 0 Å². The summed E-state index contributed by atoms with van der Waals surface area (Å²) >= 11 is 5.83. The maximum Gasteiger partial charge on any atom is 0.410 e. The predicted octanol–water partition coefficient (Wildman–Crippen LogP) is 3.91. The average Bonchev–Trinajstić information content (AvgIpc) is 2.89. The van der Waals surface area contributed by atoms with E-state index in [4.69, 9.17) is 16.3 Å². The predicted molar refractivity (Wildman–Crippen MR) is 96.4 cm³/mol. The molecule has 2 aromatic heterocycles. The Hall–Kier alpha value is -2.22. The first-order chi connectivity index (χ1) is 11.9. The first-order valence-corrected chi connectivity index (χ1v) is 8.48. The van der Waals surface area contributed by atoms with Crippen molar-refractivity contribution in [3.8, 4) is 11.3 Å². The molecule has 0 bridgehead atoms. The standard InChI is InChI=1S/C17H23ClFN5O2/c1-9-8-20-15(18)12(19)11(9)14-13(21-24(7)22-14)10(2)23(6)16(25)26-17(3,4)5/h8,10H,1-7H3. The molecule has 1 atom stereocenters. The summed E-state index contributed by atoms with van der Waals surface area (Å²) in [5.74, 6) is -0.666. The summed E-state index contributed by atoms with van der Waals surface area (Å²) in [5, 5.41) is 8.37. The maximum atomic E-state index is 14.6. The number of hydrogen-bond acceptors (Lipinski definition) is 5. The van der Waals surface area contributed by atoms with Crippen LogP contribution in [-0.4, -0.2) is 43.6 Å². The monoisotopic (exact) mass is 383 g/mol. The fraction of sp³-hybridized carbons (Fsp3) is 0.529. The topological polar surface area (TPSA) is 73.1 Å². The number of aromatic nitrogens is 4. The smallest absolute Gasteiger partial charge is 0.410 e. The third-order valence-electron chi connectivity index (χ3n) is 3.80. The van der Waals surface area contributed by atoms with E-state index >= 15 is 0 Å². The highest BCUT2D eigenvalue weighted by Crippen LogP contribution is 2.33. The van der Waals surface area contributed by atoms with Crippen LogP contribution in [-0.2, 0) is 11.8 Å². The van der Waals surface area contributed by atoms with Gasteiger partial charge in [0, 0.05) is 25.9 Å². The molecule has 1 amide bonds. The van der Waals surface area contributed by atoms with Crippen molar-refractivity contribution in [2.45, 2.75) is 46.3 Å². The molecule has 7 nitrogen and oxygen atoms in total. The second kappa shape index (κ2) is 7.19. The molecule has 0 saturated carbocycles. The van der Waals surface area contributed by atoms with Gasteiger partial charge in [0.1, 0.15) is 17.0 Å². The molecular formula is C17H23ClFN5O2. The van der Waals surface area contributed by atoms with Gasteiger partial charge in [-0.15, -0.1) is 0 Å². The van der Waals surface area contributed by atoms with Crippen molar-refractivity contribution in [1.82, 2.24) is 24.9 Å². The van der Waals surface area contributed by atoms with Crippen molar-refractivity contribution in [3.05, 3.63) is 28.4 Å². The van der Waals surface area contributed by atoms with Crippen LogP contribution in [0.2, 0.25) is 5.15 Å². The van der Waals surface area contributed by atoms with Crippen LogP contribution in [0.5, 0.6) is 0 Å². The fourth-order valence-corrected chi connectivity index (χ4v) is 2.54. The summed E-state index contributed by atoms with van der Waals surface area (Å²) in [6.07, 6.45) is 0.966. The summed E-state index contributed by atoms with van der Waals surface area (Å²) in [5.41, 5.74) is 0.913. The quantitative estimate of drug-likeness (QED) is 0.751. The van der Waals surface area contributed by atoms with Crippen molar-refractivity contribution in [2.75, 3.05) is 7.05 Å². The number of halogens is 2. The number of hydrogen-bond donors (Lipinski definition) is 0. The van der Waals surface area contributed by atoms with Crippen molar-refractivity contribution < 1.29 is 13.9 Å². The third-order valence-corrected chi connectivity index (χ3v) is 4.06. The van der Waals surface area contributed by atoms with E-state index in [9.17, 15) is 9.18 Å². The van der Waals surface area contributed by atoms with Crippen LogP contribution in [0.3, 0.4) is 0 Å². The number of nitrogens with zero attached hydrogens (tertiary/aromatic N) is 5. The molecule has 0 aliphatic rings. The third kappa shape index (κ3) is 4.12. The number of aryl methyl sites for hydroxylation is 2. The highest BCUT2D eigenvalue weighted by atomic mass is 35.5. The minimum Gasteiger partial charge on any atom is -0.444 e. The molecule has 142 valence electrons. The molecule has 26 heavy (non-hydrogen) atoms. The van der Waals surface area contributed by atoms with Gasteiger partial charge in [0.2, 0.25) is 0 Å². The molecule has 0 aromatic carbocycles. The Morgan fingerprint density at radius 1 is 1.38 bits per heavy atom. The molecule has 2 aromatic rings. The van der Waals surface area contributed by atoms with Gasteiger partial charge < -0.3 is 9.64 Å². The molecule has 0 aliphatic carbocycles. The summed E-state index contributed by atoms with van der Waals surface area (Å²) in [6, 6.07) is -0.501. The lowest BCUT2D eigenvalue weighted by Gasteiger charge is -2.28. The molecule has 0 fully saturated rings. The van der Waals surface area contributed by atoms with E-state index in [0.717, 1.165) is 0 Å². The zero-order chi connectivity index (χ0) is 19.8. The molecule has 9 heteroatoms. The van der Waals surface area contributed by atoms with Gasteiger partial charge in [-0.3, -0.25) is 0 Å². The Morgan fingerprint density at radius 3 is 2.58 bits per heavy atom. The second-order valence-electron chi connectivity index (χ2n) is 7.11. The normalized spacial score (nSPS) is 12.8. The highest BCUT2D eigenvalue weighted by molar-refractivity contribution is 6.29. The van der Waals surface area contributed by atoms with E-state index in [1.807, 2.05) is 0 Å². The largest absolute Gasteiger partial charge is 0.444 e. The first kappa shape index (κ1) is 20.1. The highest BCUT2D eigenvalue weighted by Gasteiger charge is 2.30. The molecule has 0 radical (unpaired) electrons. The van der Waals surface area contributed by atoms with Crippen LogP contribution in [0.15, 0.2) is 6.20 Å². The van der Waals surface area contributed by atoms with Gasteiger partial charge >= 0.3 is 6.09 Å². The Labute approximate surface area is 157 Å². The van der Waals surface area contributed by atoms with E-state index in [0.29, 0.717) is 17.0 Å². The lowest BCUT2D eigenvalue weighted by atomic mass is 10.0. The fourth-order valence-electron chi connectivity index (χ4n) is 2.40. The zero-order valence-corrected chi connectivity index (χ0v) is 16.7. The average molecular weight is 384 g/mol. The van der Waals surface area contributed by atoms with E-state index in [-0.39, 0.29) is 10.7 Å². The van der Waals surface area contributed by atoms with Crippen molar-refractivity contribution >= 4 is 17.7 Å². The minimum atomic E-state index is -0.666. The lowest BCUT2D eigenvalue weighted by Crippen LogP contribution is -2.36. The molecular weight excluding hydrogens is 361 g/mol. The van der Waals surface area contributed by atoms with E-state index in [1.54, 1.807) is 48.7 Å². The van der Waals surface area contributed by atoms with E-state index < -0.39 is 23.6 Å². The summed E-state index contributed by atoms with van der Waals surface area (Å²) in [6.45, 7) is 8.84. The van der Waals surface area contributed by atoms with Crippen LogP contribution in [0, 0.1) is 12.7 Å². The van der Waals surface area contributed by atoms with E-state index in [1.165, 1.54) is 15.9 Å². The summed E-state index contributed by atoms with van der Waals surface area (Å²) in [7, 11) is 3.23. The maximum absolute atomic E-state index is 14.6. The molecule has 0 saturated heterocycles. The number of amides is 1.